The topological polar surface area (TPSA) is 0 Å². The van der Waals surface area contributed by atoms with Gasteiger partial charge in [-0.15, -0.1) is 0 Å². The summed E-state index contributed by atoms with van der Waals surface area (Å²) in [6, 6.07) is 9.73. The second kappa shape index (κ2) is 10.5. The van der Waals surface area contributed by atoms with Crippen molar-refractivity contribution in [3.63, 3.8) is 0 Å². The predicted molar refractivity (Wildman–Crippen MR) is 127 cm³/mol. The van der Waals surface area contributed by atoms with Crippen LogP contribution >= 0.6 is 0 Å². The van der Waals surface area contributed by atoms with Crippen LogP contribution in [-0.4, -0.2) is 11.8 Å². The Hall–Kier alpha value is -1.44. The van der Waals surface area contributed by atoms with Crippen LogP contribution in [0.4, 0.5) is 8.78 Å². The molecule has 0 heterocycles. The van der Waals surface area contributed by atoms with E-state index >= 15 is 8.78 Å². The summed E-state index contributed by atoms with van der Waals surface area (Å²) in [5, 5.41) is 0. The van der Waals surface area contributed by atoms with Gasteiger partial charge in [-0.2, -0.15) is 0 Å². The molecule has 0 spiro atoms. The van der Waals surface area contributed by atoms with Crippen LogP contribution in [0.1, 0.15) is 89.5 Å². The third kappa shape index (κ3) is 5.49. The zero-order chi connectivity index (χ0) is 21.7. The summed E-state index contributed by atoms with van der Waals surface area (Å²) >= 11 is 0. The first-order valence-electron chi connectivity index (χ1n) is 12.9. The average molecular weight is 427 g/mol. The Morgan fingerprint density at radius 1 is 0.806 bits per heavy atom. The van der Waals surface area contributed by atoms with Crippen molar-refractivity contribution in [3.8, 4) is 0 Å². The van der Waals surface area contributed by atoms with E-state index in [0.29, 0.717) is 5.92 Å². The first kappa shape index (κ1) is 22.7. The molecule has 2 fully saturated rings. The maximum Gasteiger partial charge on any atom is 0.166 e. The molecule has 0 N–H and O–H groups in total. The van der Waals surface area contributed by atoms with Crippen molar-refractivity contribution in [2.75, 3.05) is 0 Å². The third-order valence-corrected chi connectivity index (χ3v) is 8.49. The lowest BCUT2D eigenvalue weighted by molar-refractivity contribution is 0.0314. The van der Waals surface area contributed by atoms with E-state index in [0.717, 1.165) is 48.7 Å². The summed E-state index contributed by atoms with van der Waals surface area (Å²) < 4.78 is 30.8. The number of hydrogen-bond donors (Lipinski definition) is 0. The molecule has 170 valence electrons. The minimum absolute atomic E-state index is 0.187. The molecule has 2 heteroatoms. The van der Waals surface area contributed by atoms with Gasteiger partial charge in [-0.25, -0.2) is 8.78 Å². The molecule has 31 heavy (non-hydrogen) atoms. The fourth-order valence-electron chi connectivity index (χ4n) is 6.42. The van der Waals surface area contributed by atoms with Gasteiger partial charge in [0.25, 0.3) is 0 Å². The monoisotopic (exact) mass is 426 g/mol. The standard InChI is InChI=1S/C29H40F2/c1-2-6-22-9-11-23(12-10-22)13-14-24-15-17-27(18-16-24)29(31)20-19-26(21-28(29)30)25-7-4-3-5-8-25/h3-5,7-8,19-24,27-28H,2,6,9-18H2,1H3. The first-order chi connectivity index (χ1) is 15.1. The van der Waals surface area contributed by atoms with Crippen LogP contribution in [0.25, 0.3) is 5.57 Å². The Kier molecular flexibility index (Phi) is 7.67. The Labute approximate surface area is 188 Å². The zero-order valence-electron chi connectivity index (χ0n) is 19.2. The first-order valence-corrected chi connectivity index (χ1v) is 12.9. The van der Waals surface area contributed by atoms with Crippen molar-refractivity contribution in [1.82, 2.24) is 0 Å². The summed E-state index contributed by atoms with van der Waals surface area (Å²) in [7, 11) is 0. The lowest BCUT2D eigenvalue weighted by Crippen LogP contribution is -2.43. The zero-order valence-corrected chi connectivity index (χ0v) is 19.2. The number of rotatable bonds is 7. The highest BCUT2D eigenvalue weighted by Crippen LogP contribution is 2.46. The summed E-state index contributed by atoms with van der Waals surface area (Å²) in [5.74, 6) is 2.42. The molecule has 4 rings (SSSR count). The van der Waals surface area contributed by atoms with E-state index in [1.807, 2.05) is 30.3 Å². The van der Waals surface area contributed by atoms with Gasteiger partial charge in [0.05, 0.1) is 0 Å². The molecule has 0 bridgehead atoms. The summed E-state index contributed by atoms with van der Waals surface area (Å²) in [6.45, 7) is 2.30. The summed E-state index contributed by atoms with van der Waals surface area (Å²) in [4.78, 5) is 0. The fourth-order valence-corrected chi connectivity index (χ4v) is 6.42. The molecule has 0 saturated heterocycles. The molecule has 0 aromatic heterocycles. The largest absolute Gasteiger partial charge is 0.239 e. The molecule has 0 radical (unpaired) electrons. The second-order valence-electron chi connectivity index (χ2n) is 10.5. The number of alkyl halides is 2. The van der Waals surface area contributed by atoms with Crippen LogP contribution in [0.5, 0.6) is 0 Å². The van der Waals surface area contributed by atoms with E-state index in [2.05, 4.69) is 6.92 Å². The Balaban J connectivity index is 1.24. The highest BCUT2D eigenvalue weighted by molar-refractivity contribution is 5.76. The molecule has 0 amide bonds. The van der Waals surface area contributed by atoms with Crippen molar-refractivity contribution in [2.24, 2.45) is 23.7 Å². The lowest BCUT2D eigenvalue weighted by atomic mass is 9.69. The normalized spacial score (nSPS) is 36.2. The van der Waals surface area contributed by atoms with E-state index in [1.54, 1.807) is 6.08 Å². The minimum Gasteiger partial charge on any atom is -0.239 e. The van der Waals surface area contributed by atoms with Crippen molar-refractivity contribution in [1.29, 1.82) is 0 Å². The molecule has 0 aliphatic heterocycles. The molecular formula is C29H40F2. The number of halogens is 2. The van der Waals surface area contributed by atoms with Crippen LogP contribution in [-0.2, 0) is 0 Å². The Morgan fingerprint density at radius 2 is 1.35 bits per heavy atom. The molecule has 2 atom stereocenters. The molecule has 1 aromatic rings. The molecule has 3 aliphatic carbocycles. The molecule has 0 nitrogen and oxygen atoms in total. The van der Waals surface area contributed by atoms with Gasteiger partial charge in [-0.3, -0.25) is 0 Å². The van der Waals surface area contributed by atoms with Gasteiger partial charge in [0.15, 0.2) is 11.8 Å². The fraction of sp³-hybridized carbons (Fsp3) is 0.655. The van der Waals surface area contributed by atoms with Gasteiger partial charge in [-0.1, -0.05) is 108 Å². The second-order valence-corrected chi connectivity index (χ2v) is 10.5. The Bertz CT molecular complexity index is 735. The summed E-state index contributed by atoms with van der Waals surface area (Å²) in [5.41, 5.74) is -0.0828. The molecule has 3 aliphatic rings. The number of allylic oxidation sites excluding steroid dienone is 4. The number of benzene rings is 1. The quantitative estimate of drug-likeness (QED) is 0.408. The van der Waals surface area contributed by atoms with Crippen molar-refractivity contribution in [3.05, 3.63) is 54.1 Å². The van der Waals surface area contributed by atoms with Gasteiger partial charge in [0.2, 0.25) is 0 Å². The Morgan fingerprint density at radius 3 is 1.90 bits per heavy atom. The van der Waals surface area contributed by atoms with Gasteiger partial charge in [0, 0.05) is 0 Å². The van der Waals surface area contributed by atoms with E-state index < -0.39 is 11.8 Å². The maximum absolute atomic E-state index is 15.7. The molecule has 2 unspecified atom stereocenters. The highest BCUT2D eigenvalue weighted by atomic mass is 19.2. The lowest BCUT2D eigenvalue weighted by Gasteiger charge is -2.39. The highest BCUT2D eigenvalue weighted by Gasteiger charge is 2.46. The molecule has 2 saturated carbocycles. The SMILES string of the molecule is CCCC1CCC(CCC2CCC(C3(F)C=CC(c4ccccc4)=CC3F)CC2)CC1. The minimum atomic E-state index is -1.83. The third-order valence-electron chi connectivity index (χ3n) is 8.49. The number of hydrogen-bond acceptors (Lipinski definition) is 0. The van der Waals surface area contributed by atoms with Crippen LogP contribution in [0, 0.1) is 23.7 Å². The van der Waals surface area contributed by atoms with E-state index in [1.165, 1.54) is 63.5 Å². The van der Waals surface area contributed by atoms with Crippen molar-refractivity contribution >= 4 is 5.57 Å². The average Bonchev–Trinajstić information content (AvgIpc) is 2.81. The summed E-state index contributed by atoms with van der Waals surface area (Å²) in [6.07, 6.45) is 18.1. The maximum atomic E-state index is 15.7. The van der Waals surface area contributed by atoms with Crippen molar-refractivity contribution in [2.45, 2.75) is 95.8 Å². The molecular weight excluding hydrogens is 386 g/mol. The van der Waals surface area contributed by atoms with Crippen LogP contribution in [0.15, 0.2) is 48.6 Å². The van der Waals surface area contributed by atoms with E-state index in [4.69, 9.17) is 0 Å². The smallest absolute Gasteiger partial charge is 0.166 e. The van der Waals surface area contributed by atoms with Crippen LogP contribution < -0.4 is 0 Å². The van der Waals surface area contributed by atoms with Crippen molar-refractivity contribution < 1.29 is 8.78 Å². The van der Waals surface area contributed by atoms with Gasteiger partial charge in [-0.05, 0) is 59.8 Å². The van der Waals surface area contributed by atoms with Crippen LogP contribution in [0.2, 0.25) is 0 Å². The van der Waals surface area contributed by atoms with Gasteiger partial charge < -0.3 is 0 Å². The van der Waals surface area contributed by atoms with Crippen LogP contribution in [0.3, 0.4) is 0 Å². The van der Waals surface area contributed by atoms with Gasteiger partial charge in [0.1, 0.15) is 0 Å². The molecule has 1 aromatic carbocycles. The van der Waals surface area contributed by atoms with E-state index in [-0.39, 0.29) is 5.92 Å². The predicted octanol–water partition coefficient (Wildman–Crippen LogP) is 8.88. The van der Waals surface area contributed by atoms with E-state index in [9.17, 15) is 0 Å². The van der Waals surface area contributed by atoms with Gasteiger partial charge >= 0.3 is 0 Å².